The second kappa shape index (κ2) is 6.96. The van der Waals surface area contributed by atoms with E-state index in [0.29, 0.717) is 6.61 Å². The molecule has 0 aromatic heterocycles. The number of nitrogens with two attached hydrogens (primary N) is 1. The molecule has 2 aromatic carbocycles. The molecule has 3 nitrogen and oxygen atoms in total. The maximum atomic E-state index is 6.04. The van der Waals surface area contributed by atoms with Crippen LogP contribution in [0.25, 0.3) is 0 Å². The molecule has 1 atom stereocenters. The summed E-state index contributed by atoms with van der Waals surface area (Å²) in [6, 6.07) is 15.9. The third-order valence-electron chi connectivity index (χ3n) is 3.27. The maximum absolute atomic E-state index is 6.04. The highest BCUT2D eigenvalue weighted by molar-refractivity contribution is 5.32. The Bertz CT molecular complexity index is 554. The van der Waals surface area contributed by atoms with Gasteiger partial charge in [-0.15, -0.1) is 0 Å². The summed E-state index contributed by atoms with van der Waals surface area (Å²) >= 11 is 0. The molecular weight excluding hydrogens is 250 g/mol. The van der Waals surface area contributed by atoms with Crippen LogP contribution in [-0.2, 0) is 6.61 Å². The van der Waals surface area contributed by atoms with Crippen LogP contribution in [-0.4, -0.2) is 7.11 Å². The highest BCUT2D eigenvalue weighted by Crippen LogP contribution is 2.21. The molecule has 2 rings (SSSR count). The van der Waals surface area contributed by atoms with E-state index in [9.17, 15) is 0 Å². The van der Waals surface area contributed by atoms with Gasteiger partial charge in [0.05, 0.1) is 7.11 Å². The Morgan fingerprint density at radius 1 is 1.05 bits per heavy atom. The molecule has 0 aliphatic carbocycles. The fourth-order valence-corrected chi connectivity index (χ4v) is 2.00. The maximum Gasteiger partial charge on any atom is 0.120 e. The molecule has 0 aliphatic rings. The van der Waals surface area contributed by atoms with Crippen molar-refractivity contribution in [3.05, 3.63) is 59.7 Å². The predicted molar refractivity (Wildman–Crippen MR) is 81.0 cm³/mol. The average Bonchev–Trinajstić information content (AvgIpc) is 2.52. The summed E-state index contributed by atoms with van der Waals surface area (Å²) in [5, 5.41) is 0. The Labute approximate surface area is 120 Å². The molecule has 2 aromatic rings. The van der Waals surface area contributed by atoms with E-state index in [0.717, 1.165) is 29.0 Å². The lowest BCUT2D eigenvalue weighted by atomic mass is 10.1. The van der Waals surface area contributed by atoms with E-state index in [1.807, 2.05) is 48.5 Å². The SMILES string of the molecule is CCC(N)c1cccc(OCc2cccc(OC)c2)c1. The van der Waals surface area contributed by atoms with Gasteiger partial charge in [-0.2, -0.15) is 0 Å². The molecule has 3 heteroatoms. The topological polar surface area (TPSA) is 44.5 Å². The molecule has 0 aliphatic heterocycles. The van der Waals surface area contributed by atoms with E-state index >= 15 is 0 Å². The smallest absolute Gasteiger partial charge is 0.120 e. The summed E-state index contributed by atoms with van der Waals surface area (Å²) in [5.74, 6) is 1.68. The van der Waals surface area contributed by atoms with Crippen molar-refractivity contribution >= 4 is 0 Å². The zero-order valence-electron chi connectivity index (χ0n) is 12.0. The van der Waals surface area contributed by atoms with Crippen LogP contribution in [0.3, 0.4) is 0 Å². The molecule has 106 valence electrons. The summed E-state index contributed by atoms with van der Waals surface area (Å²) < 4.78 is 11.0. The Morgan fingerprint density at radius 3 is 2.55 bits per heavy atom. The third-order valence-corrected chi connectivity index (χ3v) is 3.27. The lowest BCUT2D eigenvalue weighted by Crippen LogP contribution is -2.08. The van der Waals surface area contributed by atoms with E-state index in [-0.39, 0.29) is 6.04 Å². The van der Waals surface area contributed by atoms with E-state index in [2.05, 4.69) is 6.92 Å². The summed E-state index contributed by atoms with van der Waals surface area (Å²) in [6.45, 7) is 2.59. The van der Waals surface area contributed by atoms with Gasteiger partial charge in [-0.05, 0) is 41.8 Å². The first kappa shape index (κ1) is 14.4. The van der Waals surface area contributed by atoms with Crippen molar-refractivity contribution in [2.45, 2.75) is 26.0 Å². The van der Waals surface area contributed by atoms with Crippen molar-refractivity contribution in [2.24, 2.45) is 5.73 Å². The largest absolute Gasteiger partial charge is 0.497 e. The first-order valence-electron chi connectivity index (χ1n) is 6.84. The van der Waals surface area contributed by atoms with Crippen LogP contribution >= 0.6 is 0 Å². The van der Waals surface area contributed by atoms with Crippen molar-refractivity contribution in [2.75, 3.05) is 7.11 Å². The highest BCUT2D eigenvalue weighted by atomic mass is 16.5. The number of methoxy groups -OCH3 is 1. The van der Waals surface area contributed by atoms with Gasteiger partial charge in [-0.3, -0.25) is 0 Å². The molecule has 2 N–H and O–H groups in total. The highest BCUT2D eigenvalue weighted by Gasteiger charge is 2.04. The summed E-state index contributed by atoms with van der Waals surface area (Å²) in [5.41, 5.74) is 8.22. The van der Waals surface area contributed by atoms with E-state index in [1.165, 1.54) is 0 Å². The first-order valence-corrected chi connectivity index (χ1v) is 6.84. The second-order valence-corrected chi connectivity index (χ2v) is 4.73. The van der Waals surface area contributed by atoms with Gasteiger partial charge < -0.3 is 15.2 Å². The summed E-state index contributed by atoms with van der Waals surface area (Å²) in [6.07, 6.45) is 0.916. The van der Waals surface area contributed by atoms with E-state index < -0.39 is 0 Å². The molecule has 20 heavy (non-hydrogen) atoms. The Morgan fingerprint density at radius 2 is 1.80 bits per heavy atom. The minimum atomic E-state index is 0.0652. The Kier molecular flexibility index (Phi) is 5.02. The van der Waals surface area contributed by atoms with Crippen molar-refractivity contribution in [1.29, 1.82) is 0 Å². The number of hydrogen-bond acceptors (Lipinski definition) is 3. The van der Waals surface area contributed by atoms with Gasteiger partial charge in [-0.25, -0.2) is 0 Å². The average molecular weight is 271 g/mol. The molecule has 0 saturated heterocycles. The fraction of sp³-hybridized carbons (Fsp3) is 0.294. The fourth-order valence-electron chi connectivity index (χ4n) is 2.00. The minimum absolute atomic E-state index is 0.0652. The number of benzene rings is 2. The summed E-state index contributed by atoms with van der Waals surface area (Å²) in [4.78, 5) is 0. The lowest BCUT2D eigenvalue weighted by Gasteiger charge is -2.12. The molecule has 0 bridgehead atoms. The van der Waals surface area contributed by atoms with Crippen LogP contribution in [0.4, 0.5) is 0 Å². The Balaban J connectivity index is 2.03. The molecule has 0 radical (unpaired) electrons. The van der Waals surface area contributed by atoms with Gasteiger partial charge >= 0.3 is 0 Å². The molecular formula is C17H21NO2. The van der Waals surface area contributed by atoms with Gasteiger partial charge in [0, 0.05) is 6.04 Å². The monoisotopic (exact) mass is 271 g/mol. The van der Waals surface area contributed by atoms with Crippen LogP contribution < -0.4 is 15.2 Å². The van der Waals surface area contributed by atoms with E-state index in [1.54, 1.807) is 7.11 Å². The van der Waals surface area contributed by atoms with Gasteiger partial charge in [0.25, 0.3) is 0 Å². The normalized spacial score (nSPS) is 11.9. The van der Waals surface area contributed by atoms with Crippen LogP contribution in [0.15, 0.2) is 48.5 Å². The molecule has 0 amide bonds. The van der Waals surface area contributed by atoms with Crippen molar-refractivity contribution in [3.63, 3.8) is 0 Å². The second-order valence-electron chi connectivity index (χ2n) is 4.73. The number of hydrogen-bond donors (Lipinski definition) is 1. The van der Waals surface area contributed by atoms with Gasteiger partial charge in [0.1, 0.15) is 18.1 Å². The number of rotatable bonds is 6. The Hall–Kier alpha value is -2.00. The van der Waals surface area contributed by atoms with E-state index in [4.69, 9.17) is 15.2 Å². The van der Waals surface area contributed by atoms with Gasteiger partial charge in [0.15, 0.2) is 0 Å². The quantitative estimate of drug-likeness (QED) is 0.871. The molecule has 0 saturated carbocycles. The molecule has 0 fully saturated rings. The first-order chi connectivity index (χ1) is 9.72. The predicted octanol–water partition coefficient (Wildman–Crippen LogP) is 3.68. The van der Waals surface area contributed by atoms with Crippen molar-refractivity contribution in [1.82, 2.24) is 0 Å². The van der Waals surface area contributed by atoms with Crippen LogP contribution in [0.5, 0.6) is 11.5 Å². The minimum Gasteiger partial charge on any atom is -0.497 e. The molecule has 0 heterocycles. The van der Waals surface area contributed by atoms with Gasteiger partial charge in [0.2, 0.25) is 0 Å². The third kappa shape index (κ3) is 3.75. The van der Waals surface area contributed by atoms with Crippen molar-refractivity contribution < 1.29 is 9.47 Å². The zero-order chi connectivity index (χ0) is 14.4. The summed E-state index contributed by atoms with van der Waals surface area (Å²) in [7, 11) is 1.66. The van der Waals surface area contributed by atoms with Gasteiger partial charge in [-0.1, -0.05) is 31.2 Å². The van der Waals surface area contributed by atoms with Crippen LogP contribution in [0, 0.1) is 0 Å². The number of ether oxygens (including phenoxy) is 2. The molecule has 1 unspecified atom stereocenters. The molecule has 0 spiro atoms. The standard InChI is InChI=1S/C17H21NO2/c1-3-17(18)14-7-5-9-16(11-14)20-12-13-6-4-8-15(10-13)19-2/h4-11,17H,3,12,18H2,1-2H3. The zero-order valence-corrected chi connectivity index (χ0v) is 12.0. The van der Waals surface area contributed by atoms with Crippen LogP contribution in [0.2, 0.25) is 0 Å². The lowest BCUT2D eigenvalue weighted by molar-refractivity contribution is 0.304. The van der Waals surface area contributed by atoms with Crippen LogP contribution in [0.1, 0.15) is 30.5 Å². The van der Waals surface area contributed by atoms with Crippen molar-refractivity contribution in [3.8, 4) is 11.5 Å².